The average molecular weight is 669 g/mol. The molecule has 2 fully saturated rings. The number of hydrogen-bond acceptors (Lipinski definition) is 7. The molecule has 0 unspecified atom stereocenters. The molecule has 2 aliphatic rings. The number of ether oxygens (including phenoxy) is 3. The number of likely N-dealkylation sites (N-methyl/N-ethyl adjacent to an activating group) is 2. The molecule has 2 aromatic carbocycles. The zero-order valence-electron chi connectivity index (χ0n) is 25.3. The number of rotatable bonds is 15. The Morgan fingerprint density at radius 2 is 1.20 bits per heavy atom. The number of epoxide rings is 2. The molecule has 2 atom stereocenters. The van der Waals surface area contributed by atoms with E-state index in [1.807, 2.05) is 13.8 Å². The Morgan fingerprint density at radius 3 is 1.61 bits per heavy atom. The molecule has 0 aromatic heterocycles. The molecule has 0 aliphatic carbocycles. The van der Waals surface area contributed by atoms with E-state index in [1.54, 1.807) is 6.07 Å². The van der Waals surface area contributed by atoms with E-state index in [9.17, 15) is 34.4 Å². The summed E-state index contributed by atoms with van der Waals surface area (Å²) in [6, 6.07) is 7.58. The highest BCUT2D eigenvalue weighted by atomic mass is 32.2. The maximum atomic E-state index is 13.6. The van der Waals surface area contributed by atoms with E-state index in [2.05, 4.69) is 4.74 Å². The van der Waals surface area contributed by atoms with Gasteiger partial charge in [-0.15, -0.1) is 13.2 Å². The summed E-state index contributed by atoms with van der Waals surface area (Å²) in [7, 11) is -4.70. The number of halogens is 4. The predicted octanol–water partition coefficient (Wildman–Crippen LogP) is 5.13. The minimum absolute atomic E-state index is 0.0201. The maximum absolute atomic E-state index is 13.6. The van der Waals surface area contributed by atoms with Crippen LogP contribution in [0, 0.1) is 5.82 Å². The van der Waals surface area contributed by atoms with Gasteiger partial charge in [-0.3, -0.25) is 0 Å². The van der Waals surface area contributed by atoms with Gasteiger partial charge in [0.15, 0.2) is 0 Å². The van der Waals surface area contributed by atoms with Crippen LogP contribution in [0.2, 0.25) is 0 Å². The molecule has 15 heteroatoms. The molecule has 0 amide bonds. The van der Waals surface area contributed by atoms with Gasteiger partial charge < -0.3 is 14.2 Å². The quantitative estimate of drug-likeness (QED) is 0.191. The third-order valence-corrected chi connectivity index (χ3v) is 10.5. The summed E-state index contributed by atoms with van der Waals surface area (Å²) in [6.45, 7) is 5.53. The molecule has 9 nitrogen and oxygen atoms in total. The standard InChI is InChI=1S/C15H20F3NO4S.C14H20FNO3S/c1-3-4-5-11-6-12(23-15(16,17)18)8-14(7-11)24(20,21)19(2)9-13-10-22-13;1-3-4-5-11-6-12(15)8-14(7-11)20(17,18)16(2)9-13-10-19-13/h6-8,13H,3-5,9-10H2,1-2H3;6-8,13H,3-5,9-10H2,1-2H3/t2*13-/m00/s1. The van der Waals surface area contributed by atoms with Gasteiger partial charge in [-0.25, -0.2) is 21.2 Å². The fraction of sp³-hybridized carbons (Fsp3) is 0.586. The van der Waals surface area contributed by atoms with E-state index < -0.39 is 38.0 Å². The van der Waals surface area contributed by atoms with E-state index in [1.165, 1.54) is 36.6 Å². The fourth-order valence-electron chi connectivity index (χ4n) is 4.27. The van der Waals surface area contributed by atoms with Crippen molar-refractivity contribution < 1.29 is 48.6 Å². The van der Waals surface area contributed by atoms with Crippen LogP contribution in [0.3, 0.4) is 0 Å². The maximum Gasteiger partial charge on any atom is 0.573 e. The lowest BCUT2D eigenvalue weighted by Crippen LogP contribution is -2.30. The smallest absolute Gasteiger partial charge is 0.406 e. The molecule has 0 saturated carbocycles. The van der Waals surface area contributed by atoms with Crippen molar-refractivity contribution in [3.63, 3.8) is 0 Å². The van der Waals surface area contributed by atoms with Gasteiger partial charge in [-0.2, -0.15) is 8.61 Å². The number of benzene rings is 2. The van der Waals surface area contributed by atoms with E-state index in [-0.39, 0.29) is 28.5 Å². The summed E-state index contributed by atoms with van der Waals surface area (Å²) in [5, 5.41) is 0. The van der Waals surface area contributed by atoms with Crippen LogP contribution in [-0.4, -0.2) is 84.4 Å². The highest BCUT2D eigenvalue weighted by molar-refractivity contribution is 7.89. The third-order valence-electron chi connectivity index (χ3n) is 6.89. The Morgan fingerprint density at radius 1 is 0.773 bits per heavy atom. The van der Waals surface area contributed by atoms with Crippen LogP contribution in [0.5, 0.6) is 5.75 Å². The third kappa shape index (κ3) is 11.2. The molecule has 4 rings (SSSR count). The van der Waals surface area contributed by atoms with Crippen LogP contribution in [0.4, 0.5) is 17.6 Å². The zero-order chi connectivity index (χ0) is 32.7. The van der Waals surface area contributed by atoms with Gasteiger partial charge in [-0.1, -0.05) is 26.7 Å². The number of sulfonamides is 2. The van der Waals surface area contributed by atoms with Crippen LogP contribution in [0.1, 0.15) is 50.7 Å². The number of hydrogen-bond donors (Lipinski definition) is 0. The van der Waals surface area contributed by atoms with Crippen LogP contribution < -0.4 is 4.74 Å². The minimum Gasteiger partial charge on any atom is -0.406 e. The molecule has 2 aliphatic heterocycles. The Hall–Kier alpha value is -2.30. The lowest BCUT2D eigenvalue weighted by atomic mass is 10.1. The summed E-state index contributed by atoms with van der Waals surface area (Å²) in [6.07, 6.45) is -0.423. The lowest BCUT2D eigenvalue weighted by Gasteiger charge is -2.18. The highest BCUT2D eigenvalue weighted by Crippen LogP contribution is 2.29. The Bertz CT molecular complexity index is 1460. The van der Waals surface area contributed by atoms with Crippen molar-refractivity contribution in [3.05, 3.63) is 53.3 Å². The Balaban J connectivity index is 0.000000244. The van der Waals surface area contributed by atoms with Crippen LogP contribution >= 0.6 is 0 Å². The molecule has 44 heavy (non-hydrogen) atoms. The van der Waals surface area contributed by atoms with Crippen LogP contribution in [0.25, 0.3) is 0 Å². The Kier molecular flexibility index (Phi) is 12.6. The predicted molar refractivity (Wildman–Crippen MR) is 156 cm³/mol. The molecule has 0 radical (unpaired) electrons. The molecular formula is C29H40F4N2O7S2. The molecule has 0 spiro atoms. The summed E-state index contributed by atoms with van der Waals surface area (Å²) >= 11 is 0. The first-order valence-corrected chi connectivity index (χ1v) is 17.3. The summed E-state index contributed by atoms with van der Waals surface area (Å²) in [5.41, 5.74) is 1.22. The molecule has 0 bridgehead atoms. The molecule has 248 valence electrons. The van der Waals surface area contributed by atoms with Crippen molar-refractivity contribution >= 4 is 20.0 Å². The average Bonchev–Trinajstić information content (AvgIpc) is 3.87. The molecule has 2 saturated heterocycles. The number of unbranched alkanes of at least 4 members (excludes halogenated alkanes) is 2. The van der Waals surface area contributed by atoms with Crippen molar-refractivity contribution in [3.8, 4) is 5.75 Å². The zero-order valence-corrected chi connectivity index (χ0v) is 26.9. The first-order chi connectivity index (χ1) is 20.5. The number of aryl methyl sites for hydroxylation is 2. The first kappa shape index (κ1) is 36.2. The van der Waals surface area contributed by atoms with Crippen molar-refractivity contribution in [1.29, 1.82) is 0 Å². The number of nitrogens with zero attached hydrogens (tertiary/aromatic N) is 2. The van der Waals surface area contributed by atoms with Gasteiger partial charge >= 0.3 is 6.36 Å². The van der Waals surface area contributed by atoms with Crippen molar-refractivity contribution in [2.75, 3.05) is 40.4 Å². The first-order valence-electron chi connectivity index (χ1n) is 14.4. The summed E-state index contributed by atoms with van der Waals surface area (Å²) in [5.74, 6) is -1.03. The van der Waals surface area contributed by atoms with Gasteiger partial charge in [0.2, 0.25) is 20.0 Å². The van der Waals surface area contributed by atoms with Gasteiger partial charge in [0.25, 0.3) is 0 Å². The second-order valence-electron chi connectivity index (χ2n) is 10.8. The topological polar surface area (TPSA) is 109 Å². The van der Waals surface area contributed by atoms with Gasteiger partial charge in [0, 0.05) is 33.3 Å². The largest absolute Gasteiger partial charge is 0.573 e. The van der Waals surface area contributed by atoms with Crippen molar-refractivity contribution in [2.24, 2.45) is 0 Å². The molecule has 0 N–H and O–H groups in total. The van der Waals surface area contributed by atoms with E-state index in [4.69, 9.17) is 9.47 Å². The summed E-state index contributed by atoms with van der Waals surface area (Å²) in [4.78, 5) is -0.190. The Labute approximate surface area is 257 Å². The molecule has 2 aromatic rings. The van der Waals surface area contributed by atoms with Gasteiger partial charge in [0.05, 0.1) is 35.2 Å². The van der Waals surface area contributed by atoms with Crippen molar-refractivity contribution in [2.45, 2.75) is 80.7 Å². The molecular weight excluding hydrogens is 628 g/mol. The molecule has 2 heterocycles. The van der Waals surface area contributed by atoms with E-state index >= 15 is 0 Å². The van der Waals surface area contributed by atoms with Crippen LogP contribution in [-0.2, 0) is 42.4 Å². The van der Waals surface area contributed by atoms with Crippen LogP contribution in [0.15, 0.2) is 46.2 Å². The normalized spacial score (nSPS) is 18.2. The lowest BCUT2D eigenvalue weighted by molar-refractivity contribution is -0.274. The monoisotopic (exact) mass is 668 g/mol. The highest BCUT2D eigenvalue weighted by Gasteiger charge is 2.34. The minimum atomic E-state index is -4.88. The second-order valence-corrected chi connectivity index (χ2v) is 14.9. The van der Waals surface area contributed by atoms with Gasteiger partial charge in [-0.05, 0) is 67.1 Å². The van der Waals surface area contributed by atoms with Gasteiger partial charge in [0.1, 0.15) is 11.6 Å². The number of alkyl halides is 3. The van der Waals surface area contributed by atoms with E-state index in [0.717, 1.165) is 47.7 Å². The van der Waals surface area contributed by atoms with E-state index in [0.29, 0.717) is 38.2 Å². The summed E-state index contributed by atoms with van der Waals surface area (Å²) < 4.78 is 117. The van der Waals surface area contributed by atoms with Crippen molar-refractivity contribution in [1.82, 2.24) is 8.61 Å². The second kappa shape index (κ2) is 15.3. The fourth-order valence-corrected chi connectivity index (χ4v) is 6.84. The SMILES string of the molecule is CCCCc1cc(F)cc(S(=O)(=O)N(C)C[C@H]2CO2)c1.CCCCc1cc(OC(F)(F)F)cc(S(=O)(=O)N(C)C[C@H]2CO2)c1.